The van der Waals surface area contributed by atoms with Gasteiger partial charge in [-0.25, -0.2) is 4.98 Å². The fourth-order valence-electron chi connectivity index (χ4n) is 2.10. The Bertz CT molecular complexity index is 364. The van der Waals surface area contributed by atoms with Gasteiger partial charge in [-0.3, -0.25) is 0 Å². The second kappa shape index (κ2) is 7.37. The van der Waals surface area contributed by atoms with E-state index < -0.39 is 0 Å². The maximum atomic E-state index is 5.89. The van der Waals surface area contributed by atoms with E-state index in [1.807, 2.05) is 6.07 Å². The van der Waals surface area contributed by atoms with E-state index in [9.17, 15) is 0 Å². The summed E-state index contributed by atoms with van der Waals surface area (Å²) in [5.41, 5.74) is 7.89. The summed E-state index contributed by atoms with van der Waals surface area (Å²) >= 11 is 0. The topological polar surface area (TPSA) is 48.1 Å². The van der Waals surface area contributed by atoms with Crippen LogP contribution < -0.4 is 10.5 Å². The smallest absolute Gasteiger partial charge is 0.214 e. The van der Waals surface area contributed by atoms with Crippen molar-refractivity contribution in [1.29, 1.82) is 0 Å². The molecule has 0 aliphatic heterocycles. The van der Waals surface area contributed by atoms with Crippen LogP contribution in [0.5, 0.6) is 5.88 Å². The summed E-state index contributed by atoms with van der Waals surface area (Å²) in [5.74, 6) is 1.35. The van der Waals surface area contributed by atoms with Crippen molar-refractivity contribution in [3.63, 3.8) is 0 Å². The number of pyridine rings is 1. The normalized spacial score (nSPS) is 12.8. The summed E-state index contributed by atoms with van der Waals surface area (Å²) in [4.78, 5) is 4.54. The Morgan fingerprint density at radius 3 is 2.56 bits per heavy atom. The van der Waals surface area contributed by atoms with Gasteiger partial charge in [-0.15, -0.1) is 0 Å². The highest BCUT2D eigenvalue weighted by atomic mass is 16.5. The third-order valence-electron chi connectivity index (χ3n) is 2.78. The van der Waals surface area contributed by atoms with E-state index >= 15 is 0 Å². The highest BCUT2D eigenvalue weighted by Crippen LogP contribution is 2.17. The van der Waals surface area contributed by atoms with E-state index in [1.165, 1.54) is 0 Å². The Morgan fingerprint density at radius 1 is 1.28 bits per heavy atom. The molecule has 1 rings (SSSR count). The summed E-state index contributed by atoms with van der Waals surface area (Å²) in [6, 6.07) is 4.03. The zero-order chi connectivity index (χ0) is 13.5. The second-order valence-corrected chi connectivity index (χ2v) is 5.32. The van der Waals surface area contributed by atoms with Crippen molar-refractivity contribution in [3.8, 4) is 5.88 Å². The molecule has 0 saturated heterocycles. The molecule has 1 aromatic rings. The highest BCUT2D eigenvalue weighted by Gasteiger charge is 2.09. The minimum absolute atomic E-state index is 0.194. The van der Waals surface area contributed by atoms with Crippen LogP contribution in [-0.4, -0.2) is 11.1 Å². The first kappa shape index (κ1) is 15.0. The third kappa shape index (κ3) is 5.05. The van der Waals surface area contributed by atoms with Gasteiger partial charge in [0.15, 0.2) is 0 Å². The molecular weight excluding hydrogens is 224 g/mol. The van der Waals surface area contributed by atoms with Crippen molar-refractivity contribution < 1.29 is 4.74 Å². The predicted octanol–water partition coefficient (Wildman–Crippen LogP) is 3.31. The molecule has 1 unspecified atom stereocenters. The average molecular weight is 250 g/mol. The van der Waals surface area contributed by atoms with Crippen LogP contribution in [0.1, 0.15) is 51.8 Å². The molecule has 0 aliphatic carbocycles. The quantitative estimate of drug-likeness (QED) is 0.807. The fourth-order valence-corrected chi connectivity index (χ4v) is 2.10. The van der Waals surface area contributed by atoms with Crippen LogP contribution in [-0.2, 0) is 13.0 Å². The van der Waals surface area contributed by atoms with Crippen LogP contribution >= 0.6 is 0 Å². The van der Waals surface area contributed by atoms with Crippen LogP contribution in [0.4, 0.5) is 0 Å². The van der Waals surface area contributed by atoms with Crippen molar-refractivity contribution in [2.45, 2.75) is 59.6 Å². The number of ether oxygens (including phenoxy) is 1. The molecule has 0 radical (unpaired) electrons. The summed E-state index contributed by atoms with van der Waals surface area (Å²) < 4.78 is 5.89. The fraction of sp³-hybridized carbons (Fsp3) is 0.667. The Morgan fingerprint density at radius 2 is 2.00 bits per heavy atom. The number of hydrogen-bond acceptors (Lipinski definition) is 3. The lowest BCUT2D eigenvalue weighted by Crippen LogP contribution is -2.16. The molecule has 3 nitrogen and oxygen atoms in total. The lowest BCUT2D eigenvalue weighted by atomic mass is 10.1. The van der Waals surface area contributed by atoms with E-state index in [4.69, 9.17) is 10.5 Å². The van der Waals surface area contributed by atoms with Crippen molar-refractivity contribution >= 4 is 0 Å². The summed E-state index contributed by atoms with van der Waals surface area (Å²) in [5, 5.41) is 0. The largest absolute Gasteiger partial charge is 0.475 e. The van der Waals surface area contributed by atoms with Gasteiger partial charge in [-0.1, -0.05) is 27.2 Å². The van der Waals surface area contributed by atoms with E-state index in [0.717, 1.165) is 36.4 Å². The lowest BCUT2D eigenvalue weighted by Gasteiger charge is -2.17. The molecule has 0 spiro atoms. The van der Waals surface area contributed by atoms with Gasteiger partial charge < -0.3 is 10.5 Å². The molecule has 1 aromatic heterocycles. The molecule has 0 amide bonds. The number of rotatable bonds is 7. The molecular formula is C15H26N2O. The van der Waals surface area contributed by atoms with Crippen LogP contribution in [0.2, 0.25) is 0 Å². The third-order valence-corrected chi connectivity index (χ3v) is 2.78. The van der Waals surface area contributed by atoms with Crippen LogP contribution in [0.3, 0.4) is 0 Å². The molecule has 0 fully saturated rings. The molecule has 0 saturated carbocycles. The minimum atomic E-state index is 0.194. The zero-order valence-electron chi connectivity index (χ0n) is 12.1. The number of aromatic nitrogens is 1. The second-order valence-electron chi connectivity index (χ2n) is 5.32. The van der Waals surface area contributed by atoms with Crippen LogP contribution in [0.15, 0.2) is 12.1 Å². The first-order valence-corrected chi connectivity index (χ1v) is 6.91. The Balaban J connectivity index is 2.77. The van der Waals surface area contributed by atoms with Crippen molar-refractivity contribution in [3.05, 3.63) is 23.4 Å². The van der Waals surface area contributed by atoms with Gasteiger partial charge in [0.2, 0.25) is 5.88 Å². The van der Waals surface area contributed by atoms with Crippen LogP contribution in [0.25, 0.3) is 0 Å². The van der Waals surface area contributed by atoms with Gasteiger partial charge in [0.1, 0.15) is 0 Å². The summed E-state index contributed by atoms with van der Waals surface area (Å²) in [7, 11) is 0. The zero-order valence-corrected chi connectivity index (χ0v) is 12.1. The molecule has 3 heteroatoms. The Kier molecular flexibility index (Phi) is 6.13. The van der Waals surface area contributed by atoms with Gasteiger partial charge >= 0.3 is 0 Å². The SMILES string of the molecule is CCCc1cc(CN)cc(OC(C)CC(C)C)n1. The van der Waals surface area contributed by atoms with Gasteiger partial charge in [0.05, 0.1) is 6.10 Å². The first-order valence-electron chi connectivity index (χ1n) is 6.91. The minimum Gasteiger partial charge on any atom is -0.475 e. The first-order chi connectivity index (χ1) is 8.55. The summed E-state index contributed by atoms with van der Waals surface area (Å²) in [6.45, 7) is 9.18. The number of nitrogens with zero attached hydrogens (tertiary/aromatic N) is 1. The van der Waals surface area contributed by atoms with Crippen molar-refractivity contribution in [2.24, 2.45) is 11.7 Å². The monoisotopic (exact) mass is 250 g/mol. The molecule has 102 valence electrons. The number of nitrogens with two attached hydrogens (primary N) is 1. The molecule has 1 atom stereocenters. The maximum Gasteiger partial charge on any atom is 0.214 e. The molecule has 18 heavy (non-hydrogen) atoms. The predicted molar refractivity (Wildman–Crippen MR) is 75.7 cm³/mol. The standard InChI is InChI=1S/C15H26N2O/c1-5-6-14-8-13(10-16)9-15(17-14)18-12(4)7-11(2)3/h8-9,11-12H,5-7,10,16H2,1-4H3. The van der Waals surface area contributed by atoms with Gasteiger partial charge in [-0.05, 0) is 37.3 Å². The molecule has 2 N–H and O–H groups in total. The summed E-state index contributed by atoms with van der Waals surface area (Å²) in [6.07, 6.45) is 3.29. The molecule has 0 aliphatic rings. The Hall–Kier alpha value is -1.09. The van der Waals surface area contributed by atoms with Gasteiger partial charge in [0, 0.05) is 18.3 Å². The Labute approximate surface area is 111 Å². The molecule has 1 heterocycles. The van der Waals surface area contributed by atoms with Crippen LogP contribution in [0, 0.1) is 5.92 Å². The number of hydrogen-bond donors (Lipinski definition) is 1. The van der Waals surface area contributed by atoms with Crippen molar-refractivity contribution in [2.75, 3.05) is 0 Å². The average Bonchev–Trinajstić information content (AvgIpc) is 2.27. The van der Waals surface area contributed by atoms with Gasteiger partial charge in [0.25, 0.3) is 0 Å². The highest BCUT2D eigenvalue weighted by molar-refractivity contribution is 5.25. The van der Waals surface area contributed by atoms with E-state index in [0.29, 0.717) is 12.5 Å². The van der Waals surface area contributed by atoms with E-state index in [2.05, 4.69) is 38.7 Å². The molecule has 0 aromatic carbocycles. The van der Waals surface area contributed by atoms with E-state index in [-0.39, 0.29) is 6.10 Å². The van der Waals surface area contributed by atoms with Crippen molar-refractivity contribution in [1.82, 2.24) is 4.98 Å². The lowest BCUT2D eigenvalue weighted by molar-refractivity contribution is 0.185. The number of aryl methyl sites for hydroxylation is 1. The maximum absolute atomic E-state index is 5.89. The van der Waals surface area contributed by atoms with E-state index in [1.54, 1.807) is 0 Å². The van der Waals surface area contributed by atoms with Gasteiger partial charge in [-0.2, -0.15) is 0 Å². The molecule has 0 bridgehead atoms.